The molecule has 6 nitrogen and oxygen atoms in total. The van der Waals surface area contributed by atoms with Crippen molar-refractivity contribution >= 4 is 16.9 Å². The summed E-state index contributed by atoms with van der Waals surface area (Å²) in [4.78, 5) is 18.1. The summed E-state index contributed by atoms with van der Waals surface area (Å²) in [6.45, 7) is 0.372. The van der Waals surface area contributed by atoms with Crippen molar-refractivity contribution in [2.24, 2.45) is 0 Å². The number of aromatic nitrogens is 3. The number of pyridine rings is 1. The zero-order valence-electron chi connectivity index (χ0n) is 18.4. The smallest absolute Gasteiger partial charge is 0.252 e. The number of carbonyl (C=O) groups is 1. The zero-order chi connectivity index (χ0) is 23.5. The number of rotatable bonds is 6. The van der Waals surface area contributed by atoms with E-state index in [4.69, 9.17) is 9.72 Å². The minimum absolute atomic E-state index is 0.267. The zero-order valence-corrected chi connectivity index (χ0v) is 18.4. The van der Waals surface area contributed by atoms with Crippen LogP contribution in [-0.2, 0) is 6.54 Å². The minimum atomic E-state index is -0.343. The lowest BCUT2D eigenvalue weighted by Crippen LogP contribution is -2.23. The van der Waals surface area contributed by atoms with E-state index in [1.807, 2.05) is 54.6 Å². The summed E-state index contributed by atoms with van der Waals surface area (Å²) in [6.07, 6.45) is 0. The Bertz CT molecular complexity index is 1460. The maximum absolute atomic E-state index is 13.5. The monoisotopic (exact) mass is 452 g/mol. The summed E-state index contributed by atoms with van der Waals surface area (Å²) in [6, 6.07) is 24.9. The Kier molecular flexibility index (Phi) is 5.74. The van der Waals surface area contributed by atoms with E-state index in [2.05, 4.69) is 15.5 Å². The number of fused-ring (bicyclic) bond motifs is 1. The highest BCUT2D eigenvalue weighted by Crippen LogP contribution is 2.34. The lowest BCUT2D eigenvalue weighted by atomic mass is 10.0. The molecular weight excluding hydrogens is 431 g/mol. The van der Waals surface area contributed by atoms with Crippen LogP contribution in [0.15, 0.2) is 84.9 Å². The molecule has 0 saturated heterocycles. The van der Waals surface area contributed by atoms with Gasteiger partial charge in [0.2, 0.25) is 0 Å². The molecule has 0 fully saturated rings. The summed E-state index contributed by atoms with van der Waals surface area (Å²) < 4.78 is 19.0. The number of benzene rings is 3. The van der Waals surface area contributed by atoms with Crippen molar-refractivity contribution in [3.8, 4) is 28.3 Å². The number of halogens is 1. The van der Waals surface area contributed by atoms with Crippen LogP contribution in [0.4, 0.5) is 4.39 Å². The van der Waals surface area contributed by atoms with E-state index in [0.29, 0.717) is 45.8 Å². The highest BCUT2D eigenvalue weighted by molar-refractivity contribution is 6.11. The van der Waals surface area contributed by atoms with Crippen LogP contribution in [0.5, 0.6) is 5.75 Å². The van der Waals surface area contributed by atoms with Crippen LogP contribution in [0.1, 0.15) is 15.9 Å². The van der Waals surface area contributed by atoms with E-state index in [9.17, 15) is 9.18 Å². The van der Waals surface area contributed by atoms with E-state index in [-0.39, 0.29) is 11.7 Å². The van der Waals surface area contributed by atoms with Gasteiger partial charge in [0, 0.05) is 17.7 Å². The molecule has 0 unspecified atom stereocenters. The van der Waals surface area contributed by atoms with Gasteiger partial charge in [0.05, 0.1) is 29.4 Å². The van der Waals surface area contributed by atoms with Crippen molar-refractivity contribution in [2.75, 3.05) is 7.11 Å². The molecule has 5 rings (SSSR count). The Morgan fingerprint density at radius 2 is 1.74 bits per heavy atom. The number of nitrogens with zero attached hydrogens (tertiary/aromatic N) is 2. The molecule has 0 aliphatic heterocycles. The third-order valence-corrected chi connectivity index (χ3v) is 5.58. The molecule has 5 aromatic rings. The van der Waals surface area contributed by atoms with Gasteiger partial charge >= 0.3 is 0 Å². The topological polar surface area (TPSA) is 79.9 Å². The number of hydrogen-bond donors (Lipinski definition) is 2. The van der Waals surface area contributed by atoms with E-state index in [1.54, 1.807) is 25.3 Å². The number of carbonyl (C=O) groups excluding carboxylic acids is 1. The van der Waals surface area contributed by atoms with Crippen molar-refractivity contribution in [1.82, 2.24) is 20.5 Å². The van der Waals surface area contributed by atoms with Crippen molar-refractivity contribution in [3.63, 3.8) is 0 Å². The largest absolute Gasteiger partial charge is 0.496 e. The van der Waals surface area contributed by atoms with Crippen LogP contribution >= 0.6 is 0 Å². The summed E-state index contributed by atoms with van der Waals surface area (Å²) in [7, 11) is 1.59. The van der Waals surface area contributed by atoms with Gasteiger partial charge in [0.15, 0.2) is 5.65 Å². The van der Waals surface area contributed by atoms with Crippen molar-refractivity contribution in [2.45, 2.75) is 6.54 Å². The van der Waals surface area contributed by atoms with Crippen LogP contribution in [0, 0.1) is 5.82 Å². The van der Waals surface area contributed by atoms with Crippen molar-refractivity contribution < 1.29 is 13.9 Å². The fraction of sp³-hybridized carbons (Fsp3) is 0.0741. The van der Waals surface area contributed by atoms with E-state index in [0.717, 1.165) is 11.1 Å². The number of H-pyrrole nitrogens is 1. The Morgan fingerprint density at radius 1 is 1.00 bits per heavy atom. The molecule has 2 N–H and O–H groups in total. The molecule has 0 aliphatic carbocycles. The molecular formula is C27H21FN4O2. The summed E-state index contributed by atoms with van der Waals surface area (Å²) >= 11 is 0. The highest BCUT2D eigenvalue weighted by Gasteiger charge is 2.21. The fourth-order valence-electron chi connectivity index (χ4n) is 3.90. The minimum Gasteiger partial charge on any atom is -0.496 e. The average molecular weight is 452 g/mol. The maximum atomic E-state index is 13.5. The summed E-state index contributed by atoms with van der Waals surface area (Å²) in [5.74, 6) is 0.0291. The predicted octanol–water partition coefficient (Wildman–Crippen LogP) is 5.37. The van der Waals surface area contributed by atoms with Crippen LogP contribution in [-0.4, -0.2) is 28.2 Å². The Morgan fingerprint density at radius 3 is 2.50 bits per heavy atom. The molecule has 7 heteroatoms. The molecule has 1 amide bonds. The number of hydrogen-bond acceptors (Lipinski definition) is 4. The van der Waals surface area contributed by atoms with Gasteiger partial charge in [-0.3, -0.25) is 9.89 Å². The lowest BCUT2D eigenvalue weighted by molar-refractivity contribution is 0.0952. The quantitative estimate of drug-likeness (QED) is 0.363. The van der Waals surface area contributed by atoms with Crippen LogP contribution in [0.25, 0.3) is 33.5 Å². The molecule has 34 heavy (non-hydrogen) atoms. The Labute approximate surface area is 195 Å². The molecule has 0 radical (unpaired) electrons. The highest BCUT2D eigenvalue weighted by atomic mass is 19.1. The molecule has 0 atom stereocenters. The van der Waals surface area contributed by atoms with E-state index in [1.165, 1.54) is 12.1 Å². The second-order valence-corrected chi connectivity index (χ2v) is 7.73. The fourth-order valence-corrected chi connectivity index (χ4v) is 3.90. The molecule has 0 saturated carbocycles. The second kappa shape index (κ2) is 9.15. The van der Waals surface area contributed by atoms with Gasteiger partial charge in [-0.2, -0.15) is 5.10 Å². The number of para-hydroxylation sites is 1. The van der Waals surface area contributed by atoms with Gasteiger partial charge in [-0.1, -0.05) is 42.5 Å². The number of aromatic amines is 1. The Balaban J connectivity index is 1.64. The van der Waals surface area contributed by atoms with E-state index < -0.39 is 0 Å². The average Bonchev–Trinajstić information content (AvgIpc) is 3.32. The number of ether oxygens (including phenoxy) is 1. The maximum Gasteiger partial charge on any atom is 0.252 e. The van der Waals surface area contributed by atoms with Gasteiger partial charge < -0.3 is 10.1 Å². The molecule has 3 aromatic carbocycles. The molecule has 2 heterocycles. The first-order chi connectivity index (χ1) is 16.6. The van der Waals surface area contributed by atoms with E-state index >= 15 is 0 Å². The first-order valence-corrected chi connectivity index (χ1v) is 10.7. The van der Waals surface area contributed by atoms with Gasteiger partial charge in [0.1, 0.15) is 11.6 Å². The number of nitrogens with one attached hydrogen (secondary N) is 2. The second-order valence-electron chi connectivity index (χ2n) is 7.73. The lowest BCUT2D eigenvalue weighted by Gasteiger charge is -2.12. The molecule has 168 valence electrons. The molecule has 0 spiro atoms. The third-order valence-electron chi connectivity index (χ3n) is 5.58. The molecule has 0 bridgehead atoms. The van der Waals surface area contributed by atoms with Crippen LogP contribution in [0.2, 0.25) is 0 Å². The number of amides is 1. The Hall–Kier alpha value is -4.52. The predicted molar refractivity (Wildman–Crippen MR) is 129 cm³/mol. The van der Waals surface area contributed by atoms with Gasteiger partial charge in [-0.15, -0.1) is 0 Å². The van der Waals surface area contributed by atoms with Crippen molar-refractivity contribution in [3.05, 3.63) is 102 Å². The van der Waals surface area contributed by atoms with Crippen LogP contribution in [0.3, 0.4) is 0 Å². The van der Waals surface area contributed by atoms with Gasteiger partial charge in [-0.25, -0.2) is 9.37 Å². The van der Waals surface area contributed by atoms with Gasteiger partial charge in [0.25, 0.3) is 5.91 Å². The number of methoxy groups -OCH3 is 1. The SMILES string of the molecule is COc1ccccc1-c1cc(C(=O)NCc2ccccc2)c2c(-c3ccc(F)cc3)[nH]nc2n1. The molecule has 2 aromatic heterocycles. The molecule has 0 aliphatic rings. The van der Waals surface area contributed by atoms with Gasteiger partial charge in [-0.05, 0) is 48.0 Å². The normalized spacial score (nSPS) is 10.9. The summed E-state index contributed by atoms with van der Waals surface area (Å²) in [5.41, 5.74) is 4.38. The standard InChI is InChI=1S/C27H21FN4O2/c1-34-23-10-6-5-9-20(23)22-15-21(27(33)29-16-17-7-3-2-4-8-17)24-25(31-32-26(24)30-22)18-11-13-19(28)14-12-18/h2-15H,16H2,1H3,(H,29,33)(H,30,31,32). The van der Waals surface area contributed by atoms with Crippen molar-refractivity contribution in [1.29, 1.82) is 0 Å². The first-order valence-electron chi connectivity index (χ1n) is 10.7. The first kappa shape index (κ1) is 21.3. The third kappa shape index (κ3) is 4.11. The van der Waals surface area contributed by atoms with Crippen LogP contribution < -0.4 is 10.1 Å². The summed E-state index contributed by atoms with van der Waals surface area (Å²) in [5, 5.41) is 10.9.